The number of aromatic amines is 1. The van der Waals surface area contributed by atoms with E-state index in [1.807, 2.05) is 37.3 Å². The third-order valence-corrected chi connectivity index (χ3v) is 5.75. The number of nitrogens with zero attached hydrogens (tertiary/aromatic N) is 1. The maximum absolute atomic E-state index is 11.8. The predicted molar refractivity (Wildman–Crippen MR) is 125 cm³/mol. The summed E-state index contributed by atoms with van der Waals surface area (Å²) in [4.78, 5) is 19.9. The topological polar surface area (TPSA) is 108 Å². The molecule has 2 aromatic carbocycles. The van der Waals surface area contributed by atoms with E-state index in [-0.39, 0.29) is 11.3 Å². The van der Waals surface area contributed by atoms with Crippen molar-refractivity contribution < 1.29 is 4.79 Å². The summed E-state index contributed by atoms with van der Waals surface area (Å²) in [6.07, 6.45) is 6.35. The average Bonchev–Trinajstić information content (AvgIpc) is 3.21. The number of aromatic nitrogens is 2. The Morgan fingerprint density at radius 1 is 1.16 bits per heavy atom. The Balaban J connectivity index is 1.67. The molecule has 5 N–H and O–H groups in total. The molecule has 6 nitrogen and oxygen atoms in total. The molecule has 1 amide bonds. The van der Waals surface area contributed by atoms with Crippen molar-refractivity contribution in [3.63, 3.8) is 0 Å². The minimum Gasteiger partial charge on any atom is -0.351 e. The van der Waals surface area contributed by atoms with Gasteiger partial charge in [0.05, 0.1) is 11.4 Å². The molecule has 1 fully saturated rings. The standard InChI is InChI=1S/C25H27N5O/c1-2-28-24(31)20(26)13-14-21-29-22(17-7-4-3-5-8-17)23(30-21)18-9-11-19(12-10-18)25(27)15-6-16-25/h3-5,7-14,26H,2,6,15-16,27H2,1H3,(H,28,31)(H,29,30)/b14-13-,26-20?. The van der Waals surface area contributed by atoms with E-state index in [0.717, 1.165) is 35.4 Å². The summed E-state index contributed by atoms with van der Waals surface area (Å²) >= 11 is 0. The molecule has 1 aromatic heterocycles. The first-order valence-corrected chi connectivity index (χ1v) is 10.6. The van der Waals surface area contributed by atoms with Crippen LogP contribution < -0.4 is 11.1 Å². The van der Waals surface area contributed by atoms with E-state index in [9.17, 15) is 4.79 Å². The summed E-state index contributed by atoms with van der Waals surface area (Å²) in [5.74, 6) is 0.178. The van der Waals surface area contributed by atoms with Crippen LogP contribution in [0.4, 0.5) is 0 Å². The molecule has 6 heteroatoms. The number of rotatable bonds is 7. The Morgan fingerprint density at radius 3 is 2.48 bits per heavy atom. The van der Waals surface area contributed by atoms with Gasteiger partial charge >= 0.3 is 0 Å². The third-order valence-electron chi connectivity index (χ3n) is 5.75. The van der Waals surface area contributed by atoms with Crippen LogP contribution in [0.25, 0.3) is 28.6 Å². The fourth-order valence-electron chi connectivity index (χ4n) is 3.79. The highest BCUT2D eigenvalue weighted by molar-refractivity contribution is 6.42. The lowest BCUT2D eigenvalue weighted by Crippen LogP contribution is -2.43. The van der Waals surface area contributed by atoms with Crippen molar-refractivity contribution in [2.45, 2.75) is 31.7 Å². The second-order valence-electron chi connectivity index (χ2n) is 7.91. The van der Waals surface area contributed by atoms with Crippen LogP contribution in [-0.2, 0) is 10.3 Å². The van der Waals surface area contributed by atoms with Gasteiger partial charge in [0.1, 0.15) is 11.5 Å². The summed E-state index contributed by atoms with van der Waals surface area (Å²) in [7, 11) is 0. The van der Waals surface area contributed by atoms with Gasteiger partial charge in [0.2, 0.25) is 0 Å². The van der Waals surface area contributed by atoms with Crippen molar-refractivity contribution in [1.29, 1.82) is 5.41 Å². The zero-order valence-electron chi connectivity index (χ0n) is 17.6. The fraction of sp³-hybridized carbons (Fsp3) is 0.240. The van der Waals surface area contributed by atoms with Crippen LogP contribution in [0.15, 0.2) is 60.7 Å². The Kier molecular flexibility index (Phi) is 5.82. The number of nitrogens with two attached hydrogens (primary N) is 1. The minimum absolute atomic E-state index is 0.112. The van der Waals surface area contributed by atoms with E-state index in [0.29, 0.717) is 12.4 Å². The van der Waals surface area contributed by atoms with Gasteiger partial charge in [0.25, 0.3) is 5.91 Å². The van der Waals surface area contributed by atoms with Crippen LogP contribution in [-0.4, -0.2) is 28.1 Å². The van der Waals surface area contributed by atoms with Crippen LogP contribution in [0.3, 0.4) is 0 Å². The molecule has 1 aliphatic rings. The molecular weight excluding hydrogens is 386 g/mol. The van der Waals surface area contributed by atoms with E-state index < -0.39 is 5.91 Å². The predicted octanol–water partition coefficient (Wildman–Crippen LogP) is 4.25. The molecule has 0 atom stereocenters. The van der Waals surface area contributed by atoms with Crippen LogP contribution in [0.2, 0.25) is 0 Å². The molecule has 1 aliphatic carbocycles. The number of amides is 1. The van der Waals surface area contributed by atoms with Crippen LogP contribution in [0.5, 0.6) is 0 Å². The molecule has 3 aromatic rings. The van der Waals surface area contributed by atoms with Crippen LogP contribution in [0, 0.1) is 5.41 Å². The molecule has 0 unspecified atom stereocenters. The first-order chi connectivity index (χ1) is 15.0. The molecule has 0 bridgehead atoms. The zero-order chi connectivity index (χ0) is 21.8. The summed E-state index contributed by atoms with van der Waals surface area (Å²) in [6.45, 7) is 2.31. The summed E-state index contributed by atoms with van der Waals surface area (Å²) in [5.41, 5.74) is 11.0. The highest BCUT2D eigenvalue weighted by Crippen LogP contribution is 2.39. The Morgan fingerprint density at radius 2 is 1.87 bits per heavy atom. The molecule has 0 spiro atoms. The second-order valence-corrected chi connectivity index (χ2v) is 7.91. The number of hydrogen-bond acceptors (Lipinski definition) is 4. The Hall–Kier alpha value is -3.51. The molecule has 0 saturated heterocycles. The lowest BCUT2D eigenvalue weighted by molar-refractivity contribution is -0.114. The molecule has 0 aliphatic heterocycles. The van der Waals surface area contributed by atoms with Gasteiger partial charge in [-0.1, -0.05) is 54.6 Å². The fourth-order valence-corrected chi connectivity index (χ4v) is 3.79. The van der Waals surface area contributed by atoms with E-state index in [2.05, 4.69) is 34.6 Å². The number of carbonyl (C=O) groups is 1. The van der Waals surface area contributed by atoms with Gasteiger partial charge in [-0.15, -0.1) is 0 Å². The number of hydrogen-bond donors (Lipinski definition) is 4. The minimum atomic E-state index is -0.406. The SMILES string of the molecule is CCNC(=O)C(=N)/C=C\c1nc(-c2ccccc2)c(-c2ccc(C3(N)CCC3)cc2)[nH]1. The van der Waals surface area contributed by atoms with Gasteiger partial charge < -0.3 is 16.0 Å². The molecule has 158 valence electrons. The smallest absolute Gasteiger partial charge is 0.269 e. The lowest BCUT2D eigenvalue weighted by atomic mass is 9.72. The van der Waals surface area contributed by atoms with Gasteiger partial charge in [-0.3, -0.25) is 10.2 Å². The second kappa shape index (κ2) is 8.70. The number of carbonyl (C=O) groups excluding carboxylic acids is 1. The molecular formula is C25H27N5O. The number of imidazole rings is 1. The summed E-state index contributed by atoms with van der Waals surface area (Å²) < 4.78 is 0. The molecule has 4 rings (SSSR count). The first-order valence-electron chi connectivity index (χ1n) is 10.6. The summed E-state index contributed by atoms with van der Waals surface area (Å²) in [5, 5.41) is 10.5. The number of nitrogens with one attached hydrogen (secondary N) is 3. The zero-order valence-corrected chi connectivity index (χ0v) is 17.6. The van der Waals surface area contributed by atoms with Crippen molar-refractivity contribution in [3.8, 4) is 22.5 Å². The van der Waals surface area contributed by atoms with Crippen molar-refractivity contribution in [3.05, 3.63) is 72.1 Å². The Bertz CT molecular complexity index is 1110. The van der Waals surface area contributed by atoms with Gasteiger partial charge in [0, 0.05) is 23.2 Å². The van der Waals surface area contributed by atoms with Crippen LogP contribution >= 0.6 is 0 Å². The van der Waals surface area contributed by atoms with E-state index >= 15 is 0 Å². The van der Waals surface area contributed by atoms with Gasteiger partial charge in [-0.2, -0.15) is 0 Å². The van der Waals surface area contributed by atoms with Gasteiger partial charge in [0.15, 0.2) is 0 Å². The van der Waals surface area contributed by atoms with Crippen molar-refractivity contribution in [2.75, 3.05) is 6.54 Å². The van der Waals surface area contributed by atoms with Gasteiger partial charge in [-0.05, 0) is 43.9 Å². The quantitative estimate of drug-likeness (QED) is 0.435. The van der Waals surface area contributed by atoms with E-state index in [1.165, 1.54) is 18.1 Å². The molecule has 31 heavy (non-hydrogen) atoms. The monoisotopic (exact) mass is 413 g/mol. The summed E-state index contributed by atoms with van der Waals surface area (Å²) in [6, 6.07) is 18.3. The van der Waals surface area contributed by atoms with Crippen molar-refractivity contribution >= 4 is 17.7 Å². The number of H-pyrrole nitrogens is 1. The highest BCUT2D eigenvalue weighted by atomic mass is 16.1. The first kappa shape index (κ1) is 20.8. The van der Waals surface area contributed by atoms with Crippen molar-refractivity contribution in [1.82, 2.24) is 15.3 Å². The normalized spacial score (nSPS) is 14.9. The molecule has 1 heterocycles. The lowest BCUT2D eigenvalue weighted by Gasteiger charge is -2.38. The van der Waals surface area contributed by atoms with Crippen molar-refractivity contribution in [2.24, 2.45) is 5.73 Å². The van der Waals surface area contributed by atoms with Gasteiger partial charge in [-0.25, -0.2) is 4.98 Å². The molecule has 1 saturated carbocycles. The van der Waals surface area contributed by atoms with E-state index in [1.54, 1.807) is 6.08 Å². The molecule has 0 radical (unpaired) electrons. The van der Waals surface area contributed by atoms with E-state index in [4.69, 9.17) is 16.1 Å². The largest absolute Gasteiger partial charge is 0.351 e. The average molecular weight is 414 g/mol. The highest BCUT2D eigenvalue weighted by Gasteiger charge is 2.34. The third kappa shape index (κ3) is 4.34. The number of benzene rings is 2. The Labute approximate surface area is 182 Å². The maximum atomic E-state index is 11.8. The van der Waals surface area contributed by atoms with Crippen LogP contribution in [0.1, 0.15) is 37.6 Å². The maximum Gasteiger partial charge on any atom is 0.269 e.